The Hall–Kier alpha value is -0.480. The first kappa shape index (κ1) is 11.0. The van der Waals surface area contributed by atoms with Crippen molar-refractivity contribution in [3.05, 3.63) is 33.8 Å². The first-order valence-corrected chi connectivity index (χ1v) is 5.83. The fourth-order valence-electron chi connectivity index (χ4n) is 1.98. The molecule has 2 rings (SSSR count). The fraction of sp³-hybridized carbons (Fsp3) is 0.455. The van der Waals surface area contributed by atoms with Crippen LogP contribution >= 0.6 is 15.9 Å². The average Bonchev–Trinajstić information content (AvgIpc) is 2.25. The minimum atomic E-state index is -0.792. The molecule has 0 radical (unpaired) electrons. The summed E-state index contributed by atoms with van der Waals surface area (Å²) in [4.78, 5) is 0. The lowest BCUT2D eigenvalue weighted by Gasteiger charge is -2.24. The van der Waals surface area contributed by atoms with Crippen LogP contribution in [0.2, 0.25) is 0 Å². The summed E-state index contributed by atoms with van der Waals surface area (Å²) in [5.74, 6) is -1.22. The number of halogens is 3. The summed E-state index contributed by atoms with van der Waals surface area (Å²) in [5.41, 5.74) is 0.885. The van der Waals surface area contributed by atoms with E-state index in [1.807, 2.05) is 0 Å². The summed E-state index contributed by atoms with van der Waals surface area (Å²) < 4.78 is 26.7. The first-order valence-electron chi connectivity index (χ1n) is 5.03. The zero-order valence-corrected chi connectivity index (χ0v) is 9.78. The molecule has 0 atom stereocenters. The van der Waals surface area contributed by atoms with Crippen molar-refractivity contribution in [1.29, 1.82) is 0 Å². The zero-order chi connectivity index (χ0) is 10.8. The van der Waals surface area contributed by atoms with Crippen LogP contribution in [0.5, 0.6) is 0 Å². The maximum Gasteiger partial charge on any atom is 0.159 e. The van der Waals surface area contributed by atoms with Gasteiger partial charge in [0.1, 0.15) is 0 Å². The van der Waals surface area contributed by atoms with Crippen molar-refractivity contribution in [2.24, 2.45) is 0 Å². The van der Waals surface area contributed by atoms with E-state index in [9.17, 15) is 8.78 Å². The molecule has 0 unspecified atom stereocenters. The molecule has 1 nitrogen and oxygen atoms in total. The van der Waals surface area contributed by atoms with Crippen LogP contribution in [0.1, 0.15) is 24.3 Å². The van der Waals surface area contributed by atoms with Gasteiger partial charge in [-0.2, -0.15) is 0 Å². The van der Waals surface area contributed by atoms with E-state index in [-0.39, 0.29) is 0 Å². The normalized spacial score (nSPS) is 18.1. The minimum Gasteiger partial charge on any atom is -0.317 e. The quantitative estimate of drug-likeness (QED) is 0.777. The van der Waals surface area contributed by atoms with Crippen molar-refractivity contribution in [1.82, 2.24) is 5.32 Å². The van der Waals surface area contributed by atoms with E-state index in [1.54, 1.807) is 0 Å². The van der Waals surface area contributed by atoms with E-state index in [0.717, 1.165) is 31.5 Å². The second kappa shape index (κ2) is 4.58. The summed E-state index contributed by atoms with van der Waals surface area (Å²) in [5, 5.41) is 3.25. The molecule has 1 aromatic carbocycles. The SMILES string of the molecule is Fc1cc(Br)c(C2CCNCC2)cc1F. The third-order valence-corrected chi connectivity index (χ3v) is 3.51. The molecule has 0 spiro atoms. The highest BCUT2D eigenvalue weighted by Gasteiger charge is 2.19. The van der Waals surface area contributed by atoms with Crippen LogP contribution in [-0.2, 0) is 0 Å². The van der Waals surface area contributed by atoms with Gasteiger partial charge >= 0.3 is 0 Å². The lowest BCUT2D eigenvalue weighted by molar-refractivity contribution is 0.452. The van der Waals surface area contributed by atoms with Gasteiger partial charge in [0.2, 0.25) is 0 Å². The minimum absolute atomic E-state index is 0.329. The number of rotatable bonds is 1. The van der Waals surface area contributed by atoms with E-state index in [2.05, 4.69) is 21.2 Å². The molecule has 1 aliphatic rings. The molecule has 0 saturated carbocycles. The van der Waals surface area contributed by atoms with Crippen molar-refractivity contribution >= 4 is 15.9 Å². The Kier molecular flexibility index (Phi) is 3.36. The molecular weight excluding hydrogens is 264 g/mol. The maximum absolute atomic E-state index is 13.1. The fourth-order valence-corrected chi connectivity index (χ4v) is 2.62. The highest BCUT2D eigenvalue weighted by molar-refractivity contribution is 9.10. The molecule has 0 amide bonds. The van der Waals surface area contributed by atoms with Crippen molar-refractivity contribution in [3.8, 4) is 0 Å². The molecular formula is C11H12BrF2N. The van der Waals surface area contributed by atoms with Gasteiger partial charge in [-0.15, -0.1) is 0 Å². The number of piperidine rings is 1. The number of nitrogens with one attached hydrogen (secondary N) is 1. The monoisotopic (exact) mass is 275 g/mol. The standard InChI is InChI=1S/C11H12BrF2N/c12-9-6-11(14)10(13)5-8(9)7-1-3-15-4-2-7/h5-7,15H,1-4H2. The summed E-state index contributed by atoms with van der Waals surface area (Å²) in [7, 11) is 0. The van der Waals surface area contributed by atoms with Crippen LogP contribution in [-0.4, -0.2) is 13.1 Å². The topological polar surface area (TPSA) is 12.0 Å². The summed E-state index contributed by atoms with van der Waals surface area (Å²) in [6, 6.07) is 2.53. The molecule has 4 heteroatoms. The van der Waals surface area contributed by atoms with E-state index in [1.165, 1.54) is 12.1 Å². The van der Waals surface area contributed by atoms with Crippen LogP contribution in [0.15, 0.2) is 16.6 Å². The van der Waals surface area contributed by atoms with Crippen molar-refractivity contribution < 1.29 is 8.78 Å². The summed E-state index contributed by atoms with van der Waals surface area (Å²) >= 11 is 3.29. The third kappa shape index (κ3) is 2.37. The molecule has 0 bridgehead atoms. The Morgan fingerprint density at radius 1 is 1.13 bits per heavy atom. The highest BCUT2D eigenvalue weighted by atomic mass is 79.9. The van der Waals surface area contributed by atoms with Crippen LogP contribution in [0, 0.1) is 11.6 Å². The van der Waals surface area contributed by atoms with Crippen molar-refractivity contribution in [3.63, 3.8) is 0 Å². The van der Waals surface area contributed by atoms with E-state index < -0.39 is 11.6 Å². The molecule has 0 aliphatic carbocycles. The molecule has 1 fully saturated rings. The molecule has 1 saturated heterocycles. The lowest BCUT2D eigenvalue weighted by Crippen LogP contribution is -2.26. The van der Waals surface area contributed by atoms with Gasteiger partial charge in [0.15, 0.2) is 11.6 Å². The molecule has 0 aromatic heterocycles. The lowest BCUT2D eigenvalue weighted by atomic mass is 9.90. The Balaban J connectivity index is 2.30. The molecule has 82 valence electrons. The Bertz CT molecular complexity index is 362. The predicted octanol–water partition coefficient (Wildman–Crippen LogP) is 3.19. The van der Waals surface area contributed by atoms with Gasteiger partial charge in [-0.3, -0.25) is 0 Å². The Morgan fingerprint density at radius 2 is 1.73 bits per heavy atom. The second-order valence-electron chi connectivity index (χ2n) is 3.81. The van der Waals surface area contributed by atoms with Gasteiger partial charge in [-0.05, 0) is 49.5 Å². The summed E-state index contributed by atoms with van der Waals surface area (Å²) in [6.45, 7) is 1.88. The number of hydrogen-bond donors (Lipinski definition) is 1. The van der Waals surface area contributed by atoms with Crippen LogP contribution in [0.25, 0.3) is 0 Å². The highest BCUT2D eigenvalue weighted by Crippen LogP contribution is 2.32. The van der Waals surface area contributed by atoms with Crippen molar-refractivity contribution in [2.75, 3.05) is 13.1 Å². The molecule has 1 aliphatic heterocycles. The molecule has 15 heavy (non-hydrogen) atoms. The second-order valence-corrected chi connectivity index (χ2v) is 4.67. The molecule has 1 heterocycles. The molecule has 1 aromatic rings. The Morgan fingerprint density at radius 3 is 2.40 bits per heavy atom. The molecule has 1 N–H and O–H groups in total. The third-order valence-electron chi connectivity index (χ3n) is 2.82. The average molecular weight is 276 g/mol. The largest absolute Gasteiger partial charge is 0.317 e. The predicted molar refractivity (Wildman–Crippen MR) is 58.9 cm³/mol. The zero-order valence-electron chi connectivity index (χ0n) is 8.19. The van der Waals surface area contributed by atoms with Gasteiger partial charge in [-0.1, -0.05) is 15.9 Å². The van der Waals surface area contributed by atoms with Crippen LogP contribution in [0.3, 0.4) is 0 Å². The Labute approximate surface area is 96.0 Å². The van der Waals surface area contributed by atoms with Crippen LogP contribution < -0.4 is 5.32 Å². The smallest absolute Gasteiger partial charge is 0.159 e. The van der Waals surface area contributed by atoms with Gasteiger partial charge < -0.3 is 5.32 Å². The van der Waals surface area contributed by atoms with E-state index >= 15 is 0 Å². The van der Waals surface area contributed by atoms with Gasteiger partial charge in [0.25, 0.3) is 0 Å². The van der Waals surface area contributed by atoms with E-state index in [4.69, 9.17) is 0 Å². The summed E-state index contributed by atoms with van der Waals surface area (Å²) in [6.07, 6.45) is 1.95. The van der Waals surface area contributed by atoms with Crippen molar-refractivity contribution in [2.45, 2.75) is 18.8 Å². The van der Waals surface area contributed by atoms with Gasteiger partial charge in [0.05, 0.1) is 0 Å². The number of benzene rings is 1. The van der Waals surface area contributed by atoms with Gasteiger partial charge in [0, 0.05) is 4.47 Å². The maximum atomic E-state index is 13.1. The van der Waals surface area contributed by atoms with Crippen LogP contribution in [0.4, 0.5) is 8.78 Å². The number of hydrogen-bond acceptors (Lipinski definition) is 1. The van der Waals surface area contributed by atoms with Gasteiger partial charge in [-0.25, -0.2) is 8.78 Å². The first-order chi connectivity index (χ1) is 7.18. The van der Waals surface area contributed by atoms with E-state index in [0.29, 0.717) is 10.4 Å².